The maximum atomic E-state index is 13.0. The van der Waals surface area contributed by atoms with Crippen molar-refractivity contribution in [2.75, 3.05) is 39.6 Å². The second-order valence-electron chi connectivity index (χ2n) is 28.2. The summed E-state index contributed by atoms with van der Waals surface area (Å²) in [4.78, 5) is 72.7. The standard InChI is InChI=1S/C73H142O17P2/c1-63(2)49-41-33-25-18-12-9-10-14-22-30-39-47-55-72(77)89-68(59-83-70(75)53-45-37-29-21-17-16-20-27-35-43-51-65(5)6)61-87-91(79,80)85-57-67(74)58-86-92(81,82)88-62-69(60-84-71(76)54-46-38-32-24-28-36-44-52-66(7)8)90-73(78)56-48-40-31-23-15-11-13-19-26-34-42-50-64(3)4/h63-69,74H,9-62H2,1-8H3,(H,79,80)(H,81,82)/t67?,68-,69-/m1/s1. The molecule has 0 aliphatic heterocycles. The predicted molar refractivity (Wildman–Crippen MR) is 372 cm³/mol. The summed E-state index contributed by atoms with van der Waals surface area (Å²) in [6.07, 6.45) is 45.8. The Bertz CT molecular complexity index is 1820. The van der Waals surface area contributed by atoms with Gasteiger partial charge in [0, 0.05) is 25.7 Å². The lowest BCUT2D eigenvalue weighted by Crippen LogP contribution is -2.30. The van der Waals surface area contributed by atoms with Crippen LogP contribution in [0.25, 0.3) is 0 Å². The van der Waals surface area contributed by atoms with Gasteiger partial charge in [-0.05, 0) is 49.4 Å². The highest BCUT2D eigenvalue weighted by atomic mass is 31.2. The van der Waals surface area contributed by atoms with Crippen molar-refractivity contribution in [1.82, 2.24) is 0 Å². The van der Waals surface area contributed by atoms with E-state index >= 15 is 0 Å². The molecular weight excluding hydrogens is 1210 g/mol. The second-order valence-corrected chi connectivity index (χ2v) is 31.1. The van der Waals surface area contributed by atoms with Gasteiger partial charge in [-0.15, -0.1) is 0 Å². The predicted octanol–water partition coefficient (Wildman–Crippen LogP) is 20.9. The van der Waals surface area contributed by atoms with Crippen LogP contribution in [0.1, 0.15) is 364 Å². The SMILES string of the molecule is CC(C)CCCCCCCCCCCCCCC(=O)O[C@H](COC(=O)CCCCCCCCCCCCC(C)C)COP(=O)(O)OCC(O)COP(=O)(O)OC[C@@H](COC(=O)CCCCCCCCCC(C)C)OC(=O)CCCCCCCCCCCCCC(C)C. The first kappa shape index (κ1) is 90.1. The fourth-order valence-electron chi connectivity index (χ4n) is 11.0. The summed E-state index contributed by atoms with van der Waals surface area (Å²) in [5.74, 6) is 0.881. The van der Waals surface area contributed by atoms with Gasteiger partial charge in [0.2, 0.25) is 0 Å². The quantitative estimate of drug-likeness (QED) is 0.0222. The average molecular weight is 1350 g/mol. The van der Waals surface area contributed by atoms with Crippen LogP contribution in [0.3, 0.4) is 0 Å². The minimum atomic E-state index is -4.96. The summed E-state index contributed by atoms with van der Waals surface area (Å²) in [6.45, 7) is 14.1. The number of rotatable bonds is 70. The number of hydrogen-bond donors (Lipinski definition) is 3. The monoisotopic (exact) mass is 1350 g/mol. The molecule has 0 bridgehead atoms. The van der Waals surface area contributed by atoms with Crippen LogP contribution in [0, 0.1) is 23.7 Å². The smallest absolute Gasteiger partial charge is 0.462 e. The van der Waals surface area contributed by atoms with E-state index in [1.807, 2.05) is 0 Å². The first-order valence-electron chi connectivity index (χ1n) is 37.7. The van der Waals surface area contributed by atoms with Crippen molar-refractivity contribution >= 4 is 39.5 Å². The van der Waals surface area contributed by atoms with Crippen LogP contribution in [0.5, 0.6) is 0 Å². The Morgan fingerprint density at radius 1 is 0.272 bits per heavy atom. The number of carbonyl (C=O) groups excluding carboxylic acids is 4. The molecule has 0 aliphatic rings. The molecule has 0 aromatic heterocycles. The average Bonchev–Trinajstić information content (AvgIpc) is 2.94. The number of unbranched alkanes of at least 4 members (excludes halogenated alkanes) is 36. The molecule has 0 aromatic rings. The minimum Gasteiger partial charge on any atom is -0.462 e. The molecule has 0 saturated carbocycles. The topological polar surface area (TPSA) is 237 Å². The molecule has 0 fully saturated rings. The van der Waals surface area contributed by atoms with Crippen LogP contribution in [0.4, 0.5) is 0 Å². The number of hydrogen-bond acceptors (Lipinski definition) is 15. The minimum absolute atomic E-state index is 0.105. The highest BCUT2D eigenvalue weighted by Gasteiger charge is 2.30. The van der Waals surface area contributed by atoms with Gasteiger partial charge in [0.1, 0.15) is 19.3 Å². The van der Waals surface area contributed by atoms with E-state index in [0.717, 1.165) is 114 Å². The largest absolute Gasteiger partial charge is 0.472 e. The lowest BCUT2D eigenvalue weighted by Gasteiger charge is -2.21. The van der Waals surface area contributed by atoms with Crippen molar-refractivity contribution in [2.24, 2.45) is 23.7 Å². The van der Waals surface area contributed by atoms with E-state index in [-0.39, 0.29) is 25.7 Å². The van der Waals surface area contributed by atoms with E-state index in [9.17, 15) is 43.2 Å². The Kier molecular flexibility index (Phi) is 61.3. The number of carbonyl (C=O) groups is 4. The summed E-state index contributed by atoms with van der Waals surface area (Å²) >= 11 is 0. The van der Waals surface area contributed by atoms with Crippen molar-refractivity contribution in [3.8, 4) is 0 Å². The van der Waals surface area contributed by atoms with Crippen LogP contribution >= 0.6 is 15.6 Å². The fraction of sp³-hybridized carbons (Fsp3) is 0.945. The van der Waals surface area contributed by atoms with Gasteiger partial charge in [-0.3, -0.25) is 37.3 Å². The molecule has 0 amide bonds. The van der Waals surface area contributed by atoms with Gasteiger partial charge in [-0.2, -0.15) is 0 Å². The Balaban J connectivity index is 5.26. The summed E-state index contributed by atoms with van der Waals surface area (Å²) in [5.41, 5.74) is 0. The summed E-state index contributed by atoms with van der Waals surface area (Å²) in [5, 5.41) is 10.6. The normalized spacial score (nSPS) is 14.2. The molecule has 3 N–H and O–H groups in total. The molecule has 0 rings (SSSR count). The van der Waals surface area contributed by atoms with E-state index in [2.05, 4.69) is 55.4 Å². The molecule has 19 heteroatoms. The van der Waals surface area contributed by atoms with Crippen molar-refractivity contribution < 1.29 is 80.2 Å². The Hall–Kier alpha value is -1.94. The lowest BCUT2D eigenvalue weighted by atomic mass is 10.0. The van der Waals surface area contributed by atoms with Crippen LogP contribution in [0.15, 0.2) is 0 Å². The molecule has 0 aromatic carbocycles. The summed E-state index contributed by atoms with van der Waals surface area (Å²) in [7, 11) is -9.91. The molecule has 5 atom stereocenters. The molecule has 0 heterocycles. The molecule has 0 radical (unpaired) electrons. The third kappa shape index (κ3) is 66.7. The second kappa shape index (κ2) is 62.6. The van der Waals surface area contributed by atoms with Gasteiger partial charge >= 0.3 is 39.5 Å². The van der Waals surface area contributed by atoms with Crippen molar-refractivity contribution in [3.63, 3.8) is 0 Å². The molecule has 0 saturated heterocycles. The van der Waals surface area contributed by atoms with Crippen molar-refractivity contribution in [2.45, 2.75) is 382 Å². The third-order valence-electron chi connectivity index (χ3n) is 16.8. The number of ether oxygens (including phenoxy) is 4. The summed E-state index contributed by atoms with van der Waals surface area (Å²) in [6, 6.07) is 0. The molecule has 17 nitrogen and oxygen atoms in total. The van der Waals surface area contributed by atoms with Crippen LogP contribution in [-0.2, 0) is 65.4 Å². The highest BCUT2D eigenvalue weighted by Crippen LogP contribution is 2.45. The van der Waals surface area contributed by atoms with E-state index in [0.29, 0.717) is 31.6 Å². The zero-order chi connectivity index (χ0) is 68.2. The van der Waals surface area contributed by atoms with Crippen molar-refractivity contribution in [3.05, 3.63) is 0 Å². The van der Waals surface area contributed by atoms with Gasteiger partial charge in [-0.25, -0.2) is 9.13 Å². The maximum Gasteiger partial charge on any atom is 0.472 e. The first-order valence-corrected chi connectivity index (χ1v) is 40.7. The number of aliphatic hydroxyl groups excluding tert-OH is 1. The number of aliphatic hydroxyl groups is 1. The molecule has 546 valence electrons. The van der Waals surface area contributed by atoms with Gasteiger partial charge in [-0.1, -0.05) is 312 Å². The van der Waals surface area contributed by atoms with Gasteiger partial charge in [0.05, 0.1) is 26.4 Å². The van der Waals surface area contributed by atoms with Gasteiger partial charge < -0.3 is 33.8 Å². The lowest BCUT2D eigenvalue weighted by molar-refractivity contribution is -0.161. The van der Waals surface area contributed by atoms with Crippen LogP contribution in [-0.4, -0.2) is 96.7 Å². The molecular formula is C73H142O17P2. The zero-order valence-corrected chi connectivity index (χ0v) is 62.0. The maximum absolute atomic E-state index is 13.0. The Morgan fingerprint density at radius 2 is 0.457 bits per heavy atom. The number of phosphoric acid groups is 2. The molecule has 0 spiro atoms. The Morgan fingerprint density at radius 3 is 0.674 bits per heavy atom. The van der Waals surface area contributed by atoms with E-state index in [1.54, 1.807) is 0 Å². The van der Waals surface area contributed by atoms with E-state index in [4.69, 9.17) is 37.0 Å². The van der Waals surface area contributed by atoms with Crippen LogP contribution < -0.4 is 0 Å². The van der Waals surface area contributed by atoms with Crippen molar-refractivity contribution in [1.29, 1.82) is 0 Å². The molecule has 0 aliphatic carbocycles. The fourth-order valence-corrected chi connectivity index (χ4v) is 12.6. The van der Waals surface area contributed by atoms with Crippen LogP contribution in [0.2, 0.25) is 0 Å². The highest BCUT2D eigenvalue weighted by molar-refractivity contribution is 7.47. The molecule has 92 heavy (non-hydrogen) atoms. The van der Waals surface area contributed by atoms with E-state index < -0.39 is 97.5 Å². The van der Waals surface area contributed by atoms with Gasteiger partial charge in [0.25, 0.3) is 0 Å². The van der Waals surface area contributed by atoms with E-state index in [1.165, 1.54) is 161 Å². The number of esters is 4. The Labute approximate surface area is 562 Å². The number of phosphoric ester groups is 2. The zero-order valence-electron chi connectivity index (χ0n) is 60.2. The summed E-state index contributed by atoms with van der Waals surface area (Å²) < 4.78 is 68.4. The van der Waals surface area contributed by atoms with Gasteiger partial charge in [0.15, 0.2) is 12.2 Å². The molecule has 3 unspecified atom stereocenters. The third-order valence-corrected chi connectivity index (χ3v) is 18.7. The first-order chi connectivity index (χ1) is 44.1.